The molecule has 0 aliphatic heterocycles. The Hall–Kier alpha value is -0.370. The number of aromatic nitrogens is 1. The first kappa shape index (κ1) is 8.72. The zero-order valence-corrected chi connectivity index (χ0v) is 8.48. The third-order valence-electron chi connectivity index (χ3n) is 1.71. The lowest BCUT2D eigenvalue weighted by Crippen LogP contribution is -1.92. The van der Waals surface area contributed by atoms with Crippen LogP contribution < -0.4 is 0 Å². The lowest BCUT2D eigenvalue weighted by molar-refractivity contribution is 0.893. The topological polar surface area (TPSA) is 12.9 Å². The number of halogens is 1. The first-order valence-electron chi connectivity index (χ1n) is 3.85. The van der Waals surface area contributed by atoms with Gasteiger partial charge in [0.2, 0.25) is 0 Å². The molecule has 0 aromatic carbocycles. The maximum atomic E-state index is 4.23. The van der Waals surface area contributed by atoms with Gasteiger partial charge in [0.25, 0.3) is 0 Å². The van der Waals surface area contributed by atoms with Crippen LogP contribution in [0.3, 0.4) is 0 Å². The van der Waals surface area contributed by atoms with E-state index in [-0.39, 0.29) is 0 Å². The minimum Gasteiger partial charge on any atom is -0.261 e. The van der Waals surface area contributed by atoms with Crippen molar-refractivity contribution in [1.82, 2.24) is 4.98 Å². The van der Waals surface area contributed by atoms with Crippen molar-refractivity contribution >= 4 is 15.9 Å². The summed E-state index contributed by atoms with van der Waals surface area (Å²) in [7, 11) is 0. The number of hydrogen-bond donors (Lipinski definition) is 0. The first-order chi connectivity index (χ1) is 5.25. The molecule has 0 aliphatic rings. The van der Waals surface area contributed by atoms with Gasteiger partial charge in [0.1, 0.15) is 0 Å². The molecule has 1 aromatic heterocycles. The van der Waals surface area contributed by atoms with Gasteiger partial charge in [0.15, 0.2) is 0 Å². The van der Waals surface area contributed by atoms with E-state index in [1.54, 1.807) is 0 Å². The highest BCUT2D eigenvalue weighted by atomic mass is 79.9. The van der Waals surface area contributed by atoms with Crippen molar-refractivity contribution in [1.29, 1.82) is 0 Å². The lowest BCUT2D eigenvalue weighted by Gasteiger charge is -2.04. The fourth-order valence-electron chi connectivity index (χ4n) is 1.12. The van der Waals surface area contributed by atoms with E-state index >= 15 is 0 Å². The summed E-state index contributed by atoms with van der Waals surface area (Å²) >= 11 is 3.51. The van der Waals surface area contributed by atoms with E-state index in [9.17, 15) is 0 Å². The van der Waals surface area contributed by atoms with Crippen LogP contribution >= 0.6 is 15.9 Å². The molecule has 0 atom stereocenters. The third kappa shape index (κ3) is 2.03. The molecular weight excluding hydrogens is 202 g/mol. The van der Waals surface area contributed by atoms with E-state index in [4.69, 9.17) is 0 Å². The molecule has 2 heteroatoms. The molecular formula is C9H12BrN. The van der Waals surface area contributed by atoms with Crippen LogP contribution in [0.5, 0.6) is 0 Å². The summed E-state index contributed by atoms with van der Waals surface area (Å²) in [5, 5.41) is 0. The largest absolute Gasteiger partial charge is 0.261 e. The molecule has 0 amide bonds. The molecule has 0 unspecified atom stereocenters. The lowest BCUT2D eigenvalue weighted by atomic mass is 10.1. The summed E-state index contributed by atoms with van der Waals surface area (Å²) in [5.74, 6) is 0. The van der Waals surface area contributed by atoms with E-state index in [0.717, 1.165) is 12.1 Å². The van der Waals surface area contributed by atoms with Crippen LogP contribution in [0.15, 0.2) is 16.7 Å². The molecule has 0 N–H and O–H groups in total. The molecule has 0 radical (unpaired) electrons. The Bertz CT molecular complexity index is 225. The van der Waals surface area contributed by atoms with Gasteiger partial charge in [-0.2, -0.15) is 0 Å². The second kappa shape index (κ2) is 3.86. The predicted octanol–water partition coefficient (Wildman–Crippen LogP) is 3.11. The Labute approximate surface area is 76.0 Å². The number of rotatable bonds is 2. The zero-order chi connectivity index (χ0) is 8.27. The average Bonchev–Trinajstić information content (AvgIpc) is 1.97. The van der Waals surface area contributed by atoms with Crippen LogP contribution in [-0.2, 0) is 6.42 Å². The monoisotopic (exact) mass is 213 g/mol. The summed E-state index contributed by atoms with van der Waals surface area (Å²) < 4.78 is 1.19. The zero-order valence-electron chi connectivity index (χ0n) is 6.89. The van der Waals surface area contributed by atoms with Crippen molar-refractivity contribution in [3.05, 3.63) is 28.0 Å². The van der Waals surface area contributed by atoms with Gasteiger partial charge in [-0.25, -0.2) is 0 Å². The van der Waals surface area contributed by atoms with Crippen LogP contribution in [0.4, 0.5) is 0 Å². The normalized spacial score (nSPS) is 10.1. The highest BCUT2D eigenvalue weighted by Crippen LogP contribution is 2.19. The molecule has 1 aromatic rings. The summed E-state index contributed by atoms with van der Waals surface area (Å²) in [6.45, 7) is 4.23. The van der Waals surface area contributed by atoms with Gasteiger partial charge in [-0.15, -0.1) is 0 Å². The molecule has 1 nitrogen and oxygen atoms in total. The van der Waals surface area contributed by atoms with Gasteiger partial charge in [0, 0.05) is 16.4 Å². The second-order valence-corrected chi connectivity index (χ2v) is 3.46. The van der Waals surface area contributed by atoms with Crippen molar-refractivity contribution in [3.63, 3.8) is 0 Å². The highest BCUT2D eigenvalue weighted by Gasteiger charge is 2.01. The van der Waals surface area contributed by atoms with E-state index < -0.39 is 0 Å². The molecule has 60 valence electrons. The van der Waals surface area contributed by atoms with Gasteiger partial charge in [0.05, 0.1) is 0 Å². The van der Waals surface area contributed by atoms with Crippen molar-refractivity contribution in [2.45, 2.75) is 26.7 Å². The Morgan fingerprint density at radius 3 is 2.82 bits per heavy atom. The molecule has 0 saturated heterocycles. The standard InChI is InChI=1S/C9H12BrN/c1-3-4-8-7(2)11-6-5-9(8)10/h5-6H,3-4H2,1-2H3. The predicted molar refractivity (Wildman–Crippen MR) is 50.7 cm³/mol. The van der Waals surface area contributed by atoms with Gasteiger partial charge in [-0.1, -0.05) is 29.3 Å². The summed E-state index contributed by atoms with van der Waals surface area (Å²) in [6, 6.07) is 2.00. The molecule has 0 fully saturated rings. The molecule has 0 aliphatic carbocycles. The fraction of sp³-hybridized carbons (Fsp3) is 0.444. The third-order valence-corrected chi connectivity index (χ3v) is 2.46. The van der Waals surface area contributed by atoms with Gasteiger partial charge >= 0.3 is 0 Å². The number of nitrogens with zero attached hydrogens (tertiary/aromatic N) is 1. The minimum absolute atomic E-state index is 1.11. The summed E-state index contributed by atoms with van der Waals surface area (Å²) in [6.07, 6.45) is 4.12. The highest BCUT2D eigenvalue weighted by molar-refractivity contribution is 9.10. The van der Waals surface area contributed by atoms with Crippen LogP contribution in [0, 0.1) is 6.92 Å². The van der Waals surface area contributed by atoms with Gasteiger partial charge < -0.3 is 0 Å². The maximum absolute atomic E-state index is 4.23. The van der Waals surface area contributed by atoms with Crippen molar-refractivity contribution in [2.75, 3.05) is 0 Å². The Morgan fingerprint density at radius 1 is 1.55 bits per heavy atom. The number of hydrogen-bond acceptors (Lipinski definition) is 1. The number of aryl methyl sites for hydroxylation is 1. The van der Waals surface area contributed by atoms with E-state index in [1.165, 1.54) is 16.5 Å². The Kier molecular flexibility index (Phi) is 3.06. The van der Waals surface area contributed by atoms with Gasteiger partial charge in [-0.3, -0.25) is 4.98 Å². The number of pyridine rings is 1. The summed E-state index contributed by atoms with van der Waals surface area (Å²) in [5.41, 5.74) is 2.48. The Morgan fingerprint density at radius 2 is 2.27 bits per heavy atom. The maximum Gasteiger partial charge on any atom is 0.0415 e. The van der Waals surface area contributed by atoms with Crippen molar-refractivity contribution < 1.29 is 0 Å². The first-order valence-corrected chi connectivity index (χ1v) is 4.65. The van der Waals surface area contributed by atoms with Gasteiger partial charge in [-0.05, 0) is 25.0 Å². The fourth-order valence-corrected chi connectivity index (χ4v) is 1.72. The van der Waals surface area contributed by atoms with E-state index in [0.29, 0.717) is 0 Å². The van der Waals surface area contributed by atoms with Crippen LogP contribution in [0.2, 0.25) is 0 Å². The second-order valence-electron chi connectivity index (χ2n) is 2.61. The minimum atomic E-state index is 1.11. The molecule has 1 heterocycles. The van der Waals surface area contributed by atoms with Crippen molar-refractivity contribution in [2.24, 2.45) is 0 Å². The van der Waals surface area contributed by atoms with Crippen LogP contribution in [0.1, 0.15) is 24.6 Å². The molecule has 0 bridgehead atoms. The van der Waals surface area contributed by atoms with E-state index in [2.05, 4.69) is 34.8 Å². The average molecular weight is 214 g/mol. The SMILES string of the molecule is CCCc1c(Br)ccnc1C. The molecule has 0 spiro atoms. The van der Waals surface area contributed by atoms with Crippen LogP contribution in [-0.4, -0.2) is 4.98 Å². The summed E-state index contributed by atoms with van der Waals surface area (Å²) in [4.78, 5) is 4.23. The van der Waals surface area contributed by atoms with Crippen LogP contribution in [0.25, 0.3) is 0 Å². The van der Waals surface area contributed by atoms with E-state index in [1.807, 2.05) is 12.3 Å². The Balaban J connectivity index is 3.00. The molecule has 1 rings (SSSR count). The smallest absolute Gasteiger partial charge is 0.0415 e. The molecule has 0 saturated carbocycles. The van der Waals surface area contributed by atoms with Crippen molar-refractivity contribution in [3.8, 4) is 0 Å². The molecule has 11 heavy (non-hydrogen) atoms. The quantitative estimate of drug-likeness (QED) is 0.737.